The minimum Gasteiger partial charge on any atom is -0.495 e. The zero-order chi connectivity index (χ0) is 18.4. The van der Waals surface area contributed by atoms with E-state index in [1.807, 2.05) is 42.5 Å². The Hall–Kier alpha value is -2.38. The molecule has 0 atom stereocenters. The SMILES string of the molecule is COc1ccccc1NC(=O)c1nc(SCc2ccccc2)ncc1Br. The van der Waals surface area contributed by atoms with Gasteiger partial charge in [-0.05, 0) is 33.6 Å². The number of nitrogens with one attached hydrogen (secondary N) is 1. The maximum Gasteiger partial charge on any atom is 0.275 e. The Morgan fingerprint density at radius 3 is 2.65 bits per heavy atom. The number of rotatable bonds is 6. The Labute approximate surface area is 164 Å². The fourth-order valence-corrected chi connectivity index (χ4v) is 3.37. The number of ether oxygens (including phenoxy) is 1. The molecule has 1 N–H and O–H groups in total. The fourth-order valence-electron chi connectivity index (χ4n) is 2.23. The Morgan fingerprint density at radius 1 is 1.15 bits per heavy atom. The van der Waals surface area contributed by atoms with Gasteiger partial charge in [-0.1, -0.05) is 54.2 Å². The largest absolute Gasteiger partial charge is 0.495 e. The summed E-state index contributed by atoms with van der Waals surface area (Å²) < 4.78 is 5.80. The molecule has 2 aromatic carbocycles. The number of halogens is 1. The number of amides is 1. The Morgan fingerprint density at radius 2 is 1.88 bits per heavy atom. The fraction of sp³-hybridized carbons (Fsp3) is 0.105. The smallest absolute Gasteiger partial charge is 0.275 e. The van der Waals surface area contributed by atoms with E-state index in [-0.39, 0.29) is 11.6 Å². The first-order chi connectivity index (χ1) is 12.7. The van der Waals surface area contributed by atoms with E-state index >= 15 is 0 Å². The zero-order valence-corrected chi connectivity index (χ0v) is 16.4. The predicted octanol–water partition coefficient (Wildman–Crippen LogP) is 4.79. The summed E-state index contributed by atoms with van der Waals surface area (Å²) in [5.41, 5.74) is 2.04. The maximum absolute atomic E-state index is 12.6. The molecule has 0 unspecified atom stereocenters. The van der Waals surface area contributed by atoms with Crippen molar-refractivity contribution in [3.05, 3.63) is 76.5 Å². The number of nitrogens with zero attached hydrogens (tertiary/aromatic N) is 2. The molecule has 1 aromatic heterocycles. The summed E-state index contributed by atoms with van der Waals surface area (Å²) in [6, 6.07) is 17.3. The Kier molecular flexibility index (Phi) is 6.25. The van der Waals surface area contributed by atoms with E-state index in [4.69, 9.17) is 4.74 Å². The number of carbonyl (C=O) groups is 1. The first-order valence-corrected chi connectivity index (χ1v) is 9.59. The van der Waals surface area contributed by atoms with Gasteiger partial charge in [-0.25, -0.2) is 9.97 Å². The quantitative estimate of drug-likeness (QED) is 0.450. The van der Waals surface area contributed by atoms with Crippen LogP contribution in [0, 0.1) is 0 Å². The van der Waals surface area contributed by atoms with Crippen molar-refractivity contribution in [1.82, 2.24) is 9.97 Å². The van der Waals surface area contributed by atoms with Crippen LogP contribution in [-0.4, -0.2) is 23.0 Å². The van der Waals surface area contributed by atoms with Gasteiger partial charge in [0.15, 0.2) is 5.16 Å². The Balaban J connectivity index is 1.75. The number of anilines is 1. The number of benzene rings is 2. The standard InChI is InChI=1S/C19H16BrN3O2S/c1-25-16-10-6-5-9-15(16)22-18(24)17-14(20)11-21-19(23-17)26-12-13-7-3-2-4-8-13/h2-11H,12H2,1H3,(H,22,24). The maximum atomic E-state index is 12.6. The molecule has 0 aliphatic carbocycles. The molecule has 0 fully saturated rings. The van der Waals surface area contributed by atoms with E-state index < -0.39 is 0 Å². The lowest BCUT2D eigenvalue weighted by atomic mass is 10.2. The first-order valence-electron chi connectivity index (χ1n) is 7.81. The summed E-state index contributed by atoms with van der Waals surface area (Å²) in [5.74, 6) is 0.991. The zero-order valence-electron chi connectivity index (χ0n) is 14.0. The lowest BCUT2D eigenvalue weighted by molar-refractivity contribution is 0.102. The lowest BCUT2D eigenvalue weighted by Crippen LogP contribution is -2.15. The molecule has 1 amide bonds. The molecule has 0 saturated heterocycles. The second-order valence-corrected chi connectivity index (χ2v) is 7.07. The van der Waals surface area contributed by atoms with E-state index in [0.717, 1.165) is 5.75 Å². The lowest BCUT2D eigenvalue weighted by Gasteiger charge is -2.10. The van der Waals surface area contributed by atoms with Gasteiger partial charge in [0.05, 0.1) is 17.3 Å². The van der Waals surface area contributed by atoms with Crippen LogP contribution in [0.4, 0.5) is 5.69 Å². The average molecular weight is 430 g/mol. The number of aromatic nitrogens is 2. The number of thioether (sulfide) groups is 1. The normalized spacial score (nSPS) is 10.4. The molecule has 7 heteroatoms. The van der Waals surface area contributed by atoms with Crippen LogP contribution in [0.3, 0.4) is 0 Å². The number of para-hydroxylation sites is 2. The van der Waals surface area contributed by atoms with E-state index in [9.17, 15) is 4.79 Å². The third kappa shape index (κ3) is 4.62. The van der Waals surface area contributed by atoms with Crippen LogP contribution >= 0.6 is 27.7 Å². The monoisotopic (exact) mass is 429 g/mol. The molecule has 0 radical (unpaired) electrons. The van der Waals surface area contributed by atoms with Crippen molar-refractivity contribution in [3.8, 4) is 5.75 Å². The summed E-state index contributed by atoms with van der Waals surface area (Å²) in [6.07, 6.45) is 1.59. The molecule has 0 bridgehead atoms. The van der Waals surface area contributed by atoms with Gasteiger partial charge in [0, 0.05) is 11.9 Å². The molecule has 132 valence electrons. The second kappa shape index (κ2) is 8.82. The highest BCUT2D eigenvalue weighted by atomic mass is 79.9. The van der Waals surface area contributed by atoms with Crippen molar-refractivity contribution in [2.75, 3.05) is 12.4 Å². The summed E-state index contributed by atoms with van der Waals surface area (Å²) >= 11 is 4.83. The summed E-state index contributed by atoms with van der Waals surface area (Å²) in [6.45, 7) is 0. The molecule has 3 aromatic rings. The van der Waals surface area contributed by atoms with Crippen molar-refractivity contribution in [2.24, 2.45) is 0 Å². The topological polar surface area (TPSA) is 64.1 Å². The van der Waals surface area contributed by atoms with Gasteiger partial charge in [-0.3, -0.25) is 4.79 Å². The van der Waals surface area contributed by atoms with Crippen LogP contribution in [0.2, 0.25) is 0 Å². The molecule has 3 rings (SSSR count). The molecular formula is C19H16BrN3O2S. The van der Waals surface area contributed by atoms with Gasteiger partial charge in [0.1, 0.15) is 11.4 Å². The van der Waals surface area contributed by atoms with Crippen molar-refractivity contribution < 1.29 is 9.53 Å². The molecule has 0 aliphatic heterocycles. The highest BCUT2D eigenvalue weighted by molar-refractivity contribution is 9.10. The second-order valence-electron chi connectivity index (χ2n) is 5.28. The molecule has 5 nitrogen and oxygen atoms in total. The average Bonchev–Trinajstić information content (AvgIpc) is 2.68. The number of methoxy groups -OCH3 is 1. The van der Waals surface area contributed by atoms with E-state index in [2.05, 4.69) is 31.2 Å². The van der Waals surface area contributed by atoms with Crippen LogP contribution in [0.5, 0.6) is 5.75 Å². The third-order valence-corrected chi connectivity index (χ3v) is 5.02. The van der Waals surface area contributed by atoms with Crippen LogP contribution in [0.15, 0.2) is 70.4 Å². The summed E-state index contributed by atoms with van der Waals surface area (Å²) in [7, 11) is 1.56. The number of hydrogen-bond donors (Lipinski definition) is 1. The number of hydrogen-bond acceptors (Lipinski definition) is 5. The minimum atomic E-state index is -0.328. The van der Waals surface area contributed by atoms with Crippen LogP contribution in [-0.2, 0) is 5.75 Å². The minimum absolute atomic E-state index is 0.279. The summed E-state index contributed by atoms with van der Waals surface area (Å²) in [5, 5.41) is 3.37. The van der Waals surface area contributed by atoms with Crippen molar-refractivity contribution >= 4 is 39.3 Å². The van der Waals surface area contributed by atoms with Gasteiger partial charge in [-0.15, -0.1) is 0 Å². The van der Waals surface area contributed by atoms with Crippen LogP contribution in [0.25, 0.3) is 0 Å². The van der Waals surface area contributed by atoms with Crippen LogP contribution in [0.1, 0.15) is 16.1 Å². The summed E-state index contributed by atoms with van der Waals surface area (Å²) in [4.78, 5) is 21.3. The molecule has 1 heterocycles. The third-order valence-electron chi connectivity index (χ3n) is 3.50. The van der Waals surface area contributed by atoms with E-state index in [0.29, 0.717) is 21.1 Å². The predicted molar refractivity (Wildman–Crippen MR) is 107 cm³/mol. The van der Waals surface area contributed by atoms with Crippen molar-refractivity contribution in [2.45, 2.75) is 10.9 Å². The first kappa shape index (κ1) is 18.4. The molecular weight excluding hydrogens is 414 g/mol. The van der Waals surface area contributed by atoms with E-state index in [1.165, 1.54) is 17.3 Å². The van der Waals surface area contributed by atoms with Crippen LogP contribution < -0.4 is 10.1 Å². The van der Waals surface area contributed by atoms with Gasteiger partial charge in [0.2, 0.25) is 0 Å². The molecule has 26 heavy (non-hydrogen) atoms. The van der Waals surface area contributed by atoms with Gasteiger partial charge < -0.3 is 10.1 Å². The van der Waals surface area contributed by atoms with Crippen molar-refractivity contribution in [3.63, 3.8) is 0 Å². The van der Waals surface area contributed by atoms with Gasteiger partial charge >= 0.3 is 0 Å². The highest BCUT2D eigenvalue weighted by Crippen LogP contribution is 2.26. The Bertz CT molecular complexity index is 906. The van der Waals surface area contributed by atoms with Gasteiger partial charge in [0.25, 0.3) is 5.91 Å². The van der Waals surface area contributed by atoms with Gasteiger partial charge in [-0.2, -0.15) is 0 Å². The molecule has 0 spiro atoms. The van der Waals surface area contributed by atoms with Crippen molar-refractivity contribution in [1.29, 1.82) is 0 Å². The van der Waals surface area contributed by atoms with E-state index in [1.54, 1.807) is 25.4 Å². The highest BCUT2D eigenvalue weighted by Gasteiger charge is 2.16. The molecule has 0 saturated carbocycles. The molecule has 0 aliphatic rings. The number of carbonyl (C=O) groups excluding carboxylic acids is 1.